The molecule has 0 N–H and O–H groups in total. The second-order valence-corrected chi connectivity index (χ2v) is 7.44. The van der Waals surface area contributed by atoms with Gasteiger partial charge in [-0.1, -0.05) is 42.5 Å². The summed E-state index contributed by atoms with van der Waals surface area (Å²) in [6, 6.07) is 12.4. The summed E-state index contributed by atoms with van der Waals surface area (Å²) in [5, 5.41) is 1.82. The average molecular weight is 362 g/mol. The van der Waals surface area contributed by atoms with Gasteiger partial charge in [-0.2, -0.15) is 0 Å². The Morgan fingerprint density at radius 2 is 1.48 bits per heavy atom. The highest BCUT2D eigenvalue weighted by molar-refractivity contribution is 6.81. The molecule has 0 fully saturated rings. The van der Waals surface area contributed by atoms with Gasteiger partial charge in [0.2, 0.25) is 0 Å². The van der Waals surface area contributed by atoms with Crippen LogP contribution in [0.25, 0.3) is 10.8 Å². The summed E-state index contributed by atoms with van der Waals surface area (Å²) in [4.78, 5) is 35.4. The smallest absolute Gasteiger partial charge is 0.452 e. The molecule has 0 aliphatic rings. The maximum atomic E-state index is 12.0. The van der Waals surface area contributed by atoms with Crippen molar-refractivity contribution in [1.29, 1.82) is 0 Å². The van der Waals surface area contributed by atoms with E-state index in [4.69, 9.17) is 18.0 Å². The zero-order valence-corrected chi connectivity index (χ0v) is 15.1. The second kappa shape index (κ2) is 7.91. The van der Waals surface area contributed by atoms with E-state index < -0.39 is 26.7 Å². The first kappa shape index (κ1) is 18.6. The first-order valence-electron chi connectivity index (χ1n) is 7.46. The molecule has 0 aliphatic heterocycles. The third kappa shape index (κ3) is 4.43. The van der Waals surface area contributed by atoms with Crippen LogP contribution in [0.4, 0.5) is 0 Å². The molecule has 0 bridgehead atoms. The van der Waals surface area contributed by atoms with E-state index in [-0.39, 0.29) is 6.61 Å². The Kier molecular flexibility index (Phi) is 5.89. The van der Waals surface area contributed by atoms with E-state index in [1.54, 1.807) is 24.3 Å². The maximum Gasteiger partial charge on any atom is 0.743 e. The van der Waals surface area contributed by atoms with Crippen LogP contribution in [0.3, 0.4) is 0 Å². The molecule has 0 aliphatic carbocycles. The van der Waals surface area contributed by atoms with Crippen molar-refractivity contribution in [3.63, 3.8) is 0 Å². The molecule has 132 valence electrons. The van der Waals surface area contributed by atoms with Gasteiger partial charge in [-0.3, -0.25) is 14.4 Å². The fraction of sp³-hybridized carbons (Fsp3) is 0.235. The monoisotopic (exact) mass is 362 g/mol. The molecule has 0 spiro atoms. The molecule has 0 unspecified atom stereocenters. The van der Waals surface area contributed by atoms with E-state index >= 15 is 0 Å². The topological polar surface area (TPSA) is 88.1 Å². The van der Waals surface area contributed by atoms with Crippen LogP contribution in [0.15, 0.2) is 42.5 Å². The number of carbonyl (C=O) groups excluding carboxylic acids is 3. The van der Waals surface area contributed by atoms with Gasteiger partial charge in [0, 0.05) is 21.0 Å². The molecule has 0 atom stereocenters. The highest BCUT2D eigenvalue weighted by Crippen LogP contribution is 2.19. The normalized spacial score (nSPS) is 11.0. The molecule has 0 aromatic heterocycles. The SMILES string of the molecule is COCC(=O)O[Si](OC(C)=O)(OC(C)=O)c1cccc2ccccc12. The predicted molar refractivity (Wildman–Crippen MR) is 90.8 cm³/mol. The van der Waals surface area contributed by atoms with Gasteiger partial charge in [-0.15, -0.1) is 0 Å². The lowest BCUT2D eigenvalue weighted by molar-refractivity contribution is -0.149. The Morgan fingerprint density at radius 1 is 0.880 bits per heavy atom. The predicted octanol–water partition coefficient (Wildman–Crippen LogP) is 1.30. The van der Waals surface area contributed by atoms with Crippen molar-refractivity contribution in [2.75, 3.05) is 13.7 Å². The van der Waals surface area contributed by atoms with Gasteiger partial charge in [-0.25, -0.2) is 0 Å². The van der Waals surface area contributed by atoms with Gasteiger partial charge in [0.05, 0.1) is 5.19 Å². The van der Waals surface area contributed by atoms with Crippen molar-refractivity contribution in [3.8, 4) is 0 Å². The molecule has 0 saturated heterocycles. The van der Waals surface area contributed by atoms with Crippen molar-refractivity contribution in [1.82, 2.24) is 0 Å². The number of methoxy groups -OCH3 is 1. The lowest BCUT2D eigenvalue weighted by Gasteiger charge is -2.27. The minimum Gasteiger partial charge on any atom is -0.452 e. The van der Waals surface area contributed by atoms with Gasteiger partial charge >= 0.3 is 14.8 Å². The summed E-state index contributed by atoms with van der Waals surface area (Å²) in [7, 11) is -2.87. The average Bonchev–Trinajstić information content (AvgIpc) is 2.53. The zero-order chi connectivity index (χ0) is 18.4. The number of fused-ring (bicyclic) bond motifs is 1. The van der Waals surface area contributed by atoms with Gasteiger partial charge in [0.1, 0.15) is 6.61 Å². The Hall–Kier alpha value is -2.71. The summed E-state index contributed by atoms with van der Waals surface area (Å²) in [5.41, 5.74) is 0. The Morgan fingerprint density at radius 3 is 2.08 bits per heavy atom. The van der Waals surface area contributed by atoms with E-state index in [1.165, 1.54) is 7.11 Å². The molecule has 0 heterocycles. The molecule has 0 saturated carbocycles. The van der Waals surface area contributed by atoms with Crippen molar-refractivity contribution >= 4 is 42.7 Å². The Labute approximate surface area is 145 Å². The van der Waals surface area contributed by atoms with Crippen LogP contribution >= 0.6 is 0 Å². The molecule has 25 heavy (non-hydrogen) atoms. The lowest BCUT2D eigenvalue weighted by Crippen LogP contribution is -2.60. The Balaban J connectivity index is 2.67. The van der Waals surface area contributed by atoms with E-state index in [2.05, 4.69) is 0 Å². The number of carbonyl (C=O) groups is 3. The molecule has 7 nitrogen and oxygen atoms in total. The summed E-state index contributed by atoms with van der Waals surface area (Å²) in [6.07, 6.45) is 0. The van der Waals surface area contributed by atoms with Crippen LogP contribution < -0.4 is 5.19 Å². The van der Waals surface area contributed by atoms with E-state index in [9.17, 15) is 14.4 Å². The van der Waals surface area contributed by atoms with E-state index in [1.807, 2.05) is 18.2 Å². The van der Waals surface area contributed by atoms with Crippen molar-refractivity contribution < 1.29 is 32.4 Å². The molecule has 2 aromatic carbocycles. The van der Waals surface area contributed by atoms with Gasteiger partial charge < -0.3 is 18.0 Å². The van der Waals surface area contributed by atoms with Crippen molar-refractivity contribution in [2.24, 2.45) is 0 Å². The van der Waals surface area contributed by atoms with Gasteiger partial charge in [-0.05, 0) is 10.8 Å². The fourth-order valence-electron chi connectivity index (χ4n) is 2.40. The first-order valence-corrected chi connectivity index (χ1v) is 9.18. The highest BCUT2D eigenvalue weighted by atomic mass is 28.4. The number of rotatable bonds is 6. The summed E-state index contributed by atoms with van der Waals surface area (Å²) in [5.74, 6) is -2.26. The van der Waals surface area contributed by atoms with E-state index in [0.29, 0.717) is 10.6 Å². The van der Waals surface area contributed by atoms with Gasteiger partial charge in [0.25, 0.3) is 11.9 Å². The molecule has 2 aromatic rings. The minimum absolute atomic E-state index is 0.348. The zero-order valence-electron chi connectivity index (χ0n) is 14.1. The van der Waals surface area contributed by atoms with Crippen LogP contribution in [0.1, 0.15) is 13.8 Å². The molecule has 8 heteroatoms. The molecule has 0 radical (unpaired) electrons. The van der Waals surface area contributed by atoms with Crippen LogP contribution in [-0.4, -0.2) is 40.4 Å². The highest BCUT2D eigenvalue weighted by Gasteiger charge is 2.56. The number of hydrogen-bond acceptors (Lipinski definition) is 7. The molecule has 2 rings (SSSR count). The van der Waals surface area contributed by atoms with Crippen LogP contribution in [0.5, 0.6) is 0 Å². The minimum atomic E-state index is -4.19. The van der Waals surface area contributed by atoms with Crippen LogP contribution in [0, 0.1) is 0 Å². The van der Waals surface area contributed by atoms with Crippen molar-refractivity contribution in [2.45, 2.75) is 13.8 Å². The number of benzene rings is 2. The third-order valence-electron chi connectivity index (χ3n) is 3.19. The van der Waals surface area contributed by atoms with E-state index in [0.717, 1.165) is 19.2 Å². The molecular weight excluding hydrogens is 344 g/mol. The number of ether oxygens (including phenoxy) is 1. The quantitative estimate of drug-likeness (QED) is 0.716. The summed E-state index contributed by atoms with van der Waals surface area (Å²) in [6.45, 7) is 1.93. The molecule has 0 amide bonds. The second-order valence-electron chi connectivity index (χ2n) is 5.18. The standard InChI is InChI=1S/C17H18O7Si/c1-12(18)22-25(23-13(2)19,24-17(20)11-21-3)16-10-6-8-14-7-4-5-9-15(14)16/h4-10H,11H2,1-3H3. The summed E-state index contributed by atoms with van der Waals surface area (Å²) < 4.78 is 20.8. The Bertz CT molecular complexity index is 781. The van der Waals surface area contributed by atoms with Crippen LogP contribution in [-0.2, 0) is 32.4 Å². The first-order chi connectivity index (χ1) is 11.9. The largest absolute Gasteiger partial charge is 0.743 e. The maximum absolute atomic E-state index is 12.0. The third-order valence-corrected chi connectivity index (χ3v) is 5.89. The van der Waals surface area contributed by atoms with Crippen LogP contribution in [0.2, 0.25) is 0 Å². The molecular formula is C17H18O7Si. The number of hydrogen-bond donors (Lipinski definition) is 0. The lowest BCUT2D eigenvalue weighted by atomic mass is 10.1. The fourth-order valence-corrected chi connectivity index (χ4v) is 4.82. The van der Waals surface area contributed by atoms with Gasteiger partial charge in [0.15, 0.2) is 0 Å². The summed E-state index contributed by atoms with van der Waals surface area (Å²) >= 11 is 0. The van der Waals surface area contributed by atoms with Crippen molar-refractivity contribution in [3.05, 3.63) is 42.5 Å².